The van der Waals surface area contributed by atoms with Gasteiger partial charge in [0.25, 0.3) is 5.56 Å². The SMILES string of the molecule is CCc1cccc(OC(C)c2c(Cl)cc(Cl)c(=O)n2CCc2ccc(C(=O)O)cc2)c1. The number of hydrogen-bond acceptors (Lipinski definition) is 3. The molecule has 1 aromatic heterocycles. The van der Waals surface area contributed by atoms with Crippen LogP contribution in [-0.4, -0.2) is 15.6 Å². The minimum absolute atomic E-state index is 0.0372. The Morgan fingerprint density at radius 2 is 1.77 bits per heavy atom. The molecule has 31 heavy (non-hydrogen) atoms. The minimum Gasteiger partial charge on any atom is -0.484 e. The maximum Gasteiger partial charge on any atom is 0.335 e. The largest absolute Gasteiger partial charge is 0.484 e. The van der Waals surface area contributed by atoms with Gasteiger partial charge in [-0.25, -0.2) is 4.79 Å². The van der Waals surface area contributed by atoms with Crippen LogP contribution in [0.2, 0.25) is 10.0 Å². The van der Waals surface area contributed by atoms with Gasteiger partial charge in [-0.1, -0.05) is 54.4 Å². The van der Waals surface area contributed by atoms with Gasteiger partial charge < -0.3 is 14.4 Å². The van der Waals surface area contributed by atoms with E-state index in [9.17, 15) is 9.59 Å². The summed E-state index contributed by atoms with van der Waals surface area (Å²) in [7, 11) is 0. The molecule has 0 spiro atoms. The fourth-order valence-electron chi connectivity index (χ4n) is 3.40. The number of rotatable bonds is 8. The lowest BCUT2D eigenvalue weighted by molar-refractivity contribution is 0.0697. The normalized spacial score (nSPS) is 11.9. The summed E-state index contributed by atoms with van der Waals surface area (Å²) in [6, 6.07) is 15.8. The molecular formula is C24H23Cl2NO4. The van der Waals surface area contributed by atoms with Gasteiger partial charge in [0.1, 0.15) is 16.9 Å². The van der Waals surface area contributed by atoms with Gasteiger partial charge in [-0.2, -0.15) is 0 Å². The van der Waals surface area contributed by atoms with Gasteiger partial charge in [0.15, 0.2) is 0 Å². The van der Waals surface area contributed by atoms with Crippen LogP contribution in [-0.2, 0) is 19.4 Å². The first-order valence-electron chi connectivity index (χ1n) is 9.96. The summed E-state index contributed by atoms with van der Waals surface area (Å²) in [4.78, 5) is 23.8. The number of ether oxygens (including phenoxy) is 1. The molecule has 1 N–H and O–H groups in total. The summed E-state index contributed by atoms with van der Waals surface area (Å²) >= 11 is 12.6. The van der Waals surface area contributed by atoms with Crippen LogP contribution < -0.4 is 10.3 Å². The molecule has 1 heterocycles. The van der Waals surface area contributed by atoms with Crippen molar-refractivity contribution in [3.05, 3.63) is 97.4 Å². The predicted molar refractivity (Wildman–Crippen MR) is 123 cm³/mol. The van der Waals surface area contributed by atoms with Crippen molar-refractivity contribution in [2.75, 3.05) is 0 Å². The van der Waals surface area contributed by atoms with E-state index < -0.39 is 12.1 Å². The number of hydrogen-bond donors (Lipinski definition) is 1. The second-order valence-corrected chi connectivity index (χ2v) is 8.01. The van der Waals surface area contributed by atoms with Crippen molar-refractivity contribution < 1.29 is 14.6 Å². The Bertz CT molecular complexity index is 1140. The van der Waals surface area contributed by atoms with E-state index in [1.807, 2.05) is 31.2 Å². The van der Waals surface area contributed by atoms with Gasteiger partial charge in [-0.15, -0.1) is 0 Å². The number of aromatic carboxylic acids is 1. The summed E-state index contributed by atoms with van der Waals surface area (Å²) in [6.45, 7) is 4.23. The standard InChI is InChI=1S/C24H23Cl2NO4/c1-3-16-5-4-6-19(13-16)31-15(2)22-20(25)14-21(26)23(28)27(22)12-11-17-7-9-18(10-8-17)24(29)30/h4-10,13-15H,3,11-12H2,1-2H3,(H,29,30). The van der Waals surface area contributed by atoms with E-state index in [0.717, 1.165) is 17.5 Å². The number of halogens is 2. The minimum atomic E-state index is -0.982. The molecule has 1 atom stereocenters. The molecule has 0 saturated carbocycles. The monoisotopic (exact) mass is 459 g/mol. The maximum atomic E-state index is 12.8. The van der Waals surface area contributed by atoms with E-state index in [1.54, 1.807) is 24.3 Å². The van der Waals surface area contributed by atoms with Crippen molar-refractivity contribution in [1.82, 2.24) is 4.57 Å². The second kappa shape index (κ2) is 10.0. The average Bonchev–Trinajstić information content (AvgIpc) is 2.75. The lowest BCUT2D eigenvalue weighted by atomic mass is 10.1. The van der Waals surface area contributed by atoms with Crippen molar-refractivity contribution in [2.45, 2.75) is 39.3 Å². The molecule has 0 amide bonds. The summed E-state index contributed by atoms with van der Waals surface area (Å²) < 4.78 is 7.63. The van der Waals surface area contributed by atoms with Crippen LogP contribution >= 0.6 is 23.2 Å². The Labute approximate surface area is 190 Å². The number of carbonyl (C=O) groups is 1. The van der Waals surface area contributed by atoms with Gasteiger partial charge >= 0.3 is 5.97 Å². The number of aryl methyl sites for hydroxylation is 2. The average molecular weight is 460 g/mol. The number of nitrogens with zero attached hydrogens (tertiary/aromatic N) is 1. The zero-order valence-electron chi connectivity index (χ0n) is 17.3. The van der Waals surface area contributed by atoms with Crippen LogP contribution in [0.4, 0.5) is 0 Å². The molecule has 3 rings (SSSR count). The zero-order chi connectivity index (χ0) is 22.5. The van der Waals surface area contributed by atoms with E-state index in [-0.39, 0.29) is 16.1 Å². The van der Waals surface area contributed by atoms with Crippen LogP contribution in [0.25, 0.3) is 0 Å². The Balaban J connectivity index is 1.88. The Kier molecular flexibility index (Phi) is 7.42. The first-order chi connectivity index (χ1) is 14.8. The summed E-state index contributed by atoms with van der Waals surface area (Å²) in [5.74, 6) is -0.286. The van der Waals surface area contributed by atoms with Crippen LogP contribution in [0.1, 0.15) is 47.1 Å². The first-order valence-corrected chi connectivity index (χ1v) is 10.7. The molecule has 0 saturated heterocycles. The Morgan fingerprint density at radius 1 is 1.06 bits per heavy atom. The van der Waals surface area contributed by atoms with E-state index in [4.69, 9.17) is 33.0 Å². The van der Waals surface area contributed by atoms with E-state index in [0.29, 0.717) is 29.4 Å². The summed E-state index contributed by atoms with van der Waals surface area (Å²) in [5, 5.41) is 9.43. The highest BCUT2D eigenvalue weighted by molar-refractivity contribution is 6.34. The van der Waals surface area contributed by atoms with Crippen LogP contribution in [0.5, 0.6) is 5.75 Å². The molecule has 0 fully saturated rings. The third kappa shape index (κ3) is 5.49. The molecule has 5 nitrogen and oxygen atoms in total. The lowest BCUT2D eigenvalue weighted by Gasteiger charge is -2.22. The number of aromatic nitrogens is 1. The zero-order valence-corrected chi connectivity index (χ0v) is 18.8. The van der Waals surface area contributed by atoms with E-state index >= 15 is 0 Å². The summed E-state index contributed by atoms with van der Waals surface area (Å²) in [5.41, 5.74) is 2.45. The number of pyridine rings is 1. The maximum absolute atomic E-state index is 12.8. The molecule has 0 aliphatic heterocycles. The molecule has 2 aromatic carbocycles. The van der Waals surface area contributed by atoms with Gasteiger partial charge in [0, 0.05) is 6.54 Å². The lowest BCUT2D eigenvalue weighted by Crippen LogP contribution is -2.27. The molecule has 0 aliphatic rings. The third-order valence-electron chi connectivity index (χ3n) is 5.07. The van der Waals surface area contributed by atoms with E-state index in [2.05, 4.69) is 6.92 Å². The number of carboxylic acids is 1. The van der Waals surface area contributed by atoms with Crippen LogP contribution in [0.3, 0.4) is 0 Å². The number of carboxylic acid groups (broad SMARTS) is 1. The van der Waals surface area contributed by atoms with Gasteiger partial charge in [0.2, 0.25) is 0 Å². The smallest absolute Gasteiger partial charge is 0.335 e. The second-order valence-electron chi connectivity index (χ2n) is 7.20. The van der Waals surface area contributed by atoms with Crippen LogP contribution in [0, 0.1) is 0 Å². The molecule has 7 heteroatoms. The molecule has 0 bridgehead atoms. The fourth-order valence-corrected chi connectivity index (χ4v) is 4.04. The fraction of sp³-hybridized carbons (Fsp3) is 0.250. The van der Waals surface area contributed by atoms with Crippen molar-refractivity contribution in [3.8, 4) is 5.75 Å². The quantitative estimate of drug-likeness (QED) is 0.462. The highest BCUT2D eigenvalue weighted by atomic mass is 35.5. The van der Waals surface area contributed by atoms with Crippen LogP contribution in [0.15, 0.2) is 59.4 Å². The molecule has 0 aliphatic carbocycles. The Morgan fingerprint density at radius 3 is 2.42 bits per heavy atom. The summed E-state index contributed by atoms with van der Waals surface area (Å²) in [6.07, 6.45) is 0.902. The van der Waals surface area contributed by atoms with Crippen molar-refractivity contribution in [1.29, 1.82) is 0 Å². The highest BCUT2D eigenvalue weighted by Gasteiger charge is 2.20. The topological polar surface area (TPSA) is 68.5 Å². The van der Waals surface area contributed by atoms with Gasteiger partial charge in [-0.05, 0) is 61.2 Å². The van der Waals surface area contributed by atoms with Crippen molar-refractivity contribution >= 4 is 29.2 Å². The third-order valence-corrected chi connectivity index (χ3v) is 5.64. The van der Waals surface area contributed by atoms with Gasteiger partial charge in [0.05, 0.1) is 16.3 Å². The van der Waals surface area contributed by atoms with E-state index in [1.165, 1.54) is 10.6 Å². The van der Waals surface area contributed by atoms with Crippen molar-refractivity contribution in [2.24, 2.45) is 0 Å². The molecular weight excluding hydrogens is 437 g/mol. The molecule has 162 valence electrons. The van der Waals surface area contributed by atoms with Crippen molar-refractivity contribution in [3.63, 3.8) is 0 Å². The molecule has 3 aromatic rings. The molecule has 0 radical (unpaired) electrons. The number of benzene rings is 2. The molecule has 1 unspecified atom stereocenters. The highest BCUT2D eigenvalue weighted by Crippen LogP contribution is 2.29. The Hall–Kier alpha value is -2.76. The first kappa shape index (κ1) is 22.9. The van der Waals surface area contributed by atoms with Gasteiger partial charge in [-0.3, -0.25) is 4.79 Å². The predicted octanol–water partition coefficient (Wildman–Crippen LogP) is 5.80.